The molecule has 0 aliphatic carbocycles. The Morgan fingerprint density at radius 2 is 2.05 bits per heavy atom. The van der Waals surface area contributed by atoms with E-state index in [9.17, 15) is 9.59 Å². The molecule has 0 bridgehead atoms. The SMILES string of the molecule is CC(=O)Nc1ccccc1Oc1ncc(N)cc1C(=O)O. The van der Waals surface area contributed by atoms with Crippen LogP contribution in [-0.2, 0) is 4.79 Å². The van der Waals surface area contributed by atoms with E-state index in [1.165, 1.54) is 19.2 Å². The van der Waals surface area contributed by atoms with Gasteiger partial charge in [0.1, 0.15) is 5.56 Å². The molecule has 4 N–H and O–H groups in total. The van der Waals surface area contributed by atoms with Crippen molar-refractivity contribution in [3.8, 4) is 11.6 Å². The van der Waals surface area contributed by atoms with Gasteiger partial charge in [-0.1, -0.05) is 12.1 Å². The number of carbonyl (C=O) groups excluding carboxylic acids is 1. The van der Waals surface area contributed by atoms with E-state index in [1.54, 1.807) is 24.3 Å². The van der Waals surface area contributed by atoms with Crippen LogP contribution in [0.25, 0.3) is 0 Å². The first-order valence-electron chi connectivity index (χ1n) is 6.00. The number of anilines is 2. The van der Waals surface area contributed by atoms with Crippen LogP contribution in [0.5, 0.6) is 11.6 Å². The second-order valence-corrected chi connectivity index (χ2v) is 4.21. The van der Waals surface area contributed by atoms with E-state index in [1.807, 2.05) is 0 Å². The maximum absolute atomic E-state index is 11.2. The molecule has 0 fully saturated rings. The lowest BCUT2D eigenvalue weighted by Gasteiger charge is -2.12. The fourth-order valence-electron chi connectivity index (χ4n) is 1.66. The first-order valence-corrected chi connectivity index (χ1v) is 6.00. The number of carboxylic acids is 1. The van der Waals surface area contributed by atoms with Gasteiger partial charge in [-0.2, -0.15) is 0 Å². The number of nitrogen functional groups attached to an aromatic ring is 1. The molecule has 108 valence electrons. The average molecular weight is 287 g/mol. The predicted molar refractivity (Wildman–Crippen MR) is 76.4 cm³/mol. The monoisotopic (exact) mass is 287 g/mol. The van der Waals surface area contributed by atoms with Gasteiger partial charge in [-0.15, -0.1) is 0 Å². The molecule has 0 aliphatic rings. The number of hydrogen-bond acceptors (Lipinski definition) is 5. The third kappa shape index (κ3) is 3.47. The zero-order chi connectivity index (χ0) is 15.4. The summed E-state index contributed by atoms with van der Waals surface area (Å²) in [7, 11) is 0. The molecule has 1 heterocycles. The van der Waals surface area contributed by atoms with Crippen molar-refractivity contribution in [3.05, 3.63) is 42.1 Å². The number of ether oxygens (including phenoxy) is 1. The summed E-state index contributed by atoms with van der Waals surface area (Å²) in [5.41, 5.74) is 5.99. The molecule has 0 unspecified atom stereocenters. The number of hydrogen-bond donors (Lipinski definition) is 3. The molecule has 0 aliphatic heterocycles. The predicted octanol–water partition coefficient (Wildman–Crippen LogP) is 2.11. The van der Waals surface area contributed by atoms with Gasteiger partial charge in [-0.05, 0) is 18.2 Å². The number of para-hydroxylation sites is 2. The molecule has 0 saturated heterocycles. The number of nitrogens with zero attached hydrogens (tertiary/aromatic N) is 1. The fourth-order valence-corrected chi connectivity index (χ4v) is 1.66. The Labute approximate surface area is 120 Å². The molecule has 2 rings (SSSR count). The molecule has 0 spiro atoms. The molecule has 1 aromatic carbocycles. The summed E-state index contributed by atoms with van der Waals surface area (Å²) in [4.78, 5) is 26.2. The Balaban J connectivity index is 2.39. The Bertz CT molecular complexity index is 700. The highest BCUT2D eigenvalue weighted by atomic mass is 16.5. The van der Waals surface area contributed by atoms with Gasteiger partial charge in [-0.25, -0.2) is 9.78 Å². The third-order valence-corrected chi connectivity index (χ3v) is 2.51. The highest BCUT2D eigenvalue weighted by Crippen LogP contribution is 2.30. The van der Waals surface area contributed by atoms with E-state index in [0.29, 0.717) is 5.69 Å². The lowest BCUT2D eigenvalue weighted by molar-refractivity contribution is -0.114. The number of nitrogens with two attached hydrogens (primary N) is 1. The van der Waals surface area contributed by atoms with Gasteiger partial charge in [0, 0.05) is 6.92 Å². The molecular weight excluding hydrogens is 274 g/mol. The van der Waals surface area contributed by atoms with E-state index < -0.39 is 5.97 Å². The summed E-state index contributed by atoms with van der Waals surface area (Å²) >= 11 is 0. The maximum Gasteiger partial charge on any atom is 0.341 e. The van der Waals surface area contributed by atoms with Gasteiger partial charge >= 0.3 is 5.97 Å². The summed E-state index contributed by atoms with van der Waals surface area (Å²) in [5, 5.41) is 11.7. The summed E-state index contributed by atoms with van der Waals surface area (Å²) in [6.45, 7) is 1.36. The number of aromatic carboxylic acids is 1. The van der Waals surface area contributed by atoms with Crippen molar-refractivity contribution in [1.29, 1.82) is 0 Å². The summed E-state index contributed by atoms with van der Waals surface area (Å²) < 4.78 is 5.50. The molecule has 21 heavy (non-hydrogen) atoms. The Morgan fingerprint density at radius 3 is 2.71 bits per heavy atom. The van der Waals surface area contributed by atoms with Gasteiger partial charge in [0.05, 0.1) is 17.6 Å². The van der Waals surface area contributed by atoms with Crippen LogP contribution in [0.3, 0.4) is 0 Å². The van der Waals surface area contributed by atoms with E-state index in [0.717, 1.165) is 0 Å². The molecule has 7 heteroatoms. The second-order valence-electron chi connectivity index (χ2n) is 4.21. The zero-order valence-electron chi connectivity index (χ0n) is 11.2. The van der Waals surface area contributed by atoms with Crippen LogP contribution in [0.15, 0.2) is 36.5 Å². The molecule has 1 amide bonds. The number of benzene rings is 1. The molecule has 1 aromatic heterocycles. The molecule has 0 saturated carbocycles. The van der Waals surface area contributed by atoms with Gasteiger partial charge in [0.2, 0.25) is 11.8 Å². The molecule has 0 atom stereocenters. The maximum atomic E-state index is 11.2. The van der Waals surface area contributed by atoms with Crippen molar-refractivity contribution >= 4 is 23.3 Å². The number of carboxylic acid groups (broad SMARTS) is 1. The van der Waals surface area contributed by atoms with Crippen LogP contribution in [-0.4, -0.2) is 22.0 Å². The van der Waals surface area contributed by atoms with E-state index in [4.69, 9.17) is 15.6 Å². The van der Waals surface area contributed by atoms with Crippen molar-refractivity contribution in [3.63, 3.8) is 0 Å². The average Bonchev–Trinajstić information content (AvgIpc) is 2.42. The Hall–Kier alpha value is -3.09. The summed E-state index contributed by atoms with van der Waals surface area (Å²) in [5.74, 6) is -1.29. The number of carbonyl (C=O) groups is 2. The van der Waals surface area contributed by atoms with Crippen LogP contribution in [0, 0.1) is 0 Å². The number of rotatable bonds is 4. The van der Waals surface area contributed by atoms with Crippen molar-refractivity contribution in [2.24, 2.45) is 0 Å². The van der Waals surface area contributed by atoms with Crippen LogP contribution in [0.2, 0.25) is 0 Å². The lowest BCUT2D eigenvalue weighted by Crippen LogP contribution is -2.08. The van der Waals surface area contributed by atoms with Gasteiger partial charge in [0.15, 0.2) is 5.75 Å². The Morgan fingerprint density at radius 1 is 1.33 bits per heavy atom. The quantitative estimate of drug-likeness (QED) is 0.793. The van der Waals surface area contributed by atoms with E-state index in [-0.39, 0.29) is 28.8 Å². The summed E-state index contributed by atoms with van der Waals surface area (Å²) in [6.07, 6.45) is 1.29. The second kappa shape index (κ2) is 5.91. The van der Waals surface area contributed by atoms with E-state index >= 15 is 0 Å². The topological polar surface area (TPSA) is 115 Å². The number of pyridine rings is 1. The molecule has 7 nitrogen and oxygen atoms in total. The van der Waals surface area contributed by atoms with Crippen molar-refractivity contribution < 1.29 is 19.4 Å². The van der Waals surface area contributed by atoms with E-state index in [2.05, 4.69) is 10.3 Å². The molecular formula is C14H13N3O4. The minimum absolute atomic E-state index is 0.102. The smallest absolute Gasteiger partial charge is 0.341 e. The van der Waals surface area contributed by atoms with Gasteiger partial charge in [-0.3, -0.25) is 4.79 Å². The van der Waals surface area contributed by atoms with Crippen LogP contribution >= 0.6 is 0 Å². The normalized spacial score (nSPS) is 9.95. The minimum atomic E-state index is -1.21. The number of amides is 1. The Kier molecular flexibility index (Phi) is 4.03. The van der Waals surface area contributed by atoms with Crippen LogP contribution in [0.1, 0.15) is 17.3 Å². The number of aromatic nitrogens is 1. The van der Waals surface area contributed by atoms with Crippen molar-refractivity contribution in [1.82, 2.24) is 4.98 Å². The highest BCUT2D eigenvalue weighted by Gasteiger charge is 2.16. The summed E-state index contributed by atoms with van der Waals surface area (Å²) in [6, 6.07) is 7.89. The standard InChI is InChI=1S/C14H13N3O4/c1-8(18)17-11-4-2-3-5-12(11)21-13-10(14(19)20)6-9(15)7-16-13/h2-7H,15H2,1H3,(H,17,18)(H,19,20). The zero-order valence-corrected chi connectivity index (χ0v) is 11.2. The first-order chi connectivity index (χ1) is 9.97. The number of nitrogens with one attached hydrogen (secondary N) is 1. The highest BCUT2D eigenvalue weighted by molar-refractivity contribution is 5.92. The molecule has 0 radical (unpaired) electrons. The van der Waals surface area contributed by atoms with Crippen LogP contribution < -0.4 is 15.8 Å². The largest absolute Gasteiger partial charge is 0.477 e. The third-order valence-electron chi connectivity index (χ3n) is 2.51. The molecule has 2 aromatic rings. The van der Waals surface area contributed by atoms with Gasteiger partial charge in [0.25, 0.3) is 0 Å². The van der Waals surface area contributed by atoms with Crippen molar-refractivity contribution in [2.45, 2.75) is 6.92 Å². The minimum Gasteiger partial charge on any atom is -0.477 e. The fraction of sp³-hybridized carbons (Fsp3) is 0.0714. The van der Waals surface area contributed by atoms with Gasteiger partial charge < -0.3 is 20.9 Å². The van der Waals surface area contributed by atoms with Crippen molar-refractivity contribution in [2.75, 3.05) is 11.1 Å². The lowest BCUT2D eigenvalue weighted by atomic mass is 10.2. The first kappa shape index (κ1) is 14.3. The van der Waals surface area contributed by atoms with Crippen LogP contribution in [0.4, 0.5) is 11.4 Å².